The number of rotatable bonds is 2. The van der Waals surface area contributed by atoms with Crippen molar-refractivity contribution in [1.29, 1.82) is 0 Å². The molecule has 2 nitrogen and oxygen atoms in total. The number of hydrogen-bond donors (Lipinski definition) is 1. The van der Waals surface area contributed by atoms with Gasteiger partial charge in [-0.1, -0.05) is 11.6 Å². The van der Waals surface area contributed by atoms with Crippen LogP contribution in [0.3, 0.4) is 0 Å². The van der Waals surface area contributed by atoms with E-state index in [4.69, 9.17) is 11.6 Å². The van der Waals surface area contributed by atoms with E-state index in [1.54, 1.807) is 6.20 Å². The first-order valence-electron chi connectivity index (χ1n) is 4.48. The van der Waals surface area contributed by atoms with E-state index < -0.39 is 6.10 Å². The smallest absolute Gasteiger partial charge is 0.134 e. The van der Waals surface area contributed by atoms with Crippen LogP contribution in [0.15, 0.2) is 12.3 Å². The van der Waals surface area contributed by atoms with E-state index in [2.05, 4.69) is 4.98 Å². The van der Waals surface area contributed by atoms with Crippen molar-refractivity contribution in [3.05, 3.63) is 28.5 Å². The Balaban J connectivity index is 2.31. The SMILES string of the molecule is Cc1cnc(Cl)c(C(O)C2CC2)c1. The van der Waals surface area contributed by atoms with Crippen LogP contribution in [0.5, 0.6) is 0 Å². The lowest BCUT2D eigenvalue weighted by Gasteiger charge is -2.11. The number of aliphatic hydroxyl groups is 1. The highest BCUT2D eigenvalue weighted by Gasteiger charge is 2.32. The molecule has 0 saturated heterocycles. The summed E-state index contributed by atoms with van der Waals surface area (Å²) in [5.74, 6) is 0.404. The van der Waals surface area contributed by atoms with Crippen LogP contribution in [0.25, 0.3) is 0 Å². The molecular formula is C10H12ClNO. The molecule has 1 aliphatic rings. The summed E-state index contributed by atoms with van der Waals surface area (Å²) in [5.41, 5.74) is 1.82. The molecule has 1 aromatic rings. The molecule has 1 aliphatic carbocycles. The average molecular weight is 198 g/mol. The maximum Gasteiger partial charge on any atom is 0.134 e. The third-order valence-electron chi connectivity index (χ3n) is 2.39. The van der Waals surface area contributed by atoms with Gasteiger partial charge in [0.1, 0.15) is 5.15 Å². The van der Waals surface area contributed by atoms with Gasteiger partial charge in [0, 0.05) is 11.8 Å². The lowest BCUT2D eigenvalue weighted by atomic mass is 10.1. The number of nitrogens with zero attached hydrogens (tertiary/aromatic N) is 1. The number of halogens is 1. The Labute approximate surface area is 82.6 Å². The molecule has 1 aromatic heterocycles. The van der Waals surface area contributed by atoms with Crippen molar-refractivity contribution in [3.63, 3.8) is 0 Å². The van der Waals surface area contributed by atoms with Crippen LogP contribution in [-0.4, -0.2) is 10.1 Å². The van der Waals surface area contributed by atoms with Crippen molar-refractivity contribution in [2.45, 2.75) is 25.9 Å². The van der Waals surface area contributed by atoms with Crippen LogP contribution in [0.4, 0.5) is 0 Å². The summed E-state index contributed by atoms with van der Waals surface area (Å²) >= 11 is 5.89. The molecule has 1 saturated carbocycles. The van der Waals surface area contributed by atoms with Gasteiger partial charge in [-0.3, -0.25) is 0 Å². The molecule has 0 spiro atoms. The minimum absolute atomic E-state index is 0.404. The van der Waals surface area contributed by atoms with E-state index in [1.807, 2.05) is 13.0 Å². The quantitative estimate of drug-likeness (QED) is 0.739. The summed E-state index contributed by atoms with van der Waals surface area (Å²) in [6.45, 7) is 1.95. The molecule has 1 atom stereocenters. The second kappa shape index (κ2) is 3.28. The van der Waals surface area contributed by atoms with Crippen LogP contribution < -0.4 is 0 Å². The fourth-order valence-electron chi connectivity index (χ4n) is 1.45. The minimum Gasteiger partial charge on any atom is -0.388 e. The molecule has 1 heterocycles. The third kappa shape index (κ3) is 1.84. The highest BCUT2D eigenvalue weighted by molar-refractivity contribution is 6.30. The molecule has 1 N–H and O–H groups in total. The first-order chi connectivity index (χ1) is 6.18. The second-order valence-corrected chi connectivity index (χ2v) is 4.03. The molecule has 0 aliphatic heterocycles. The summed E-state index contributed by atoms with van der Waals surface area (Å²) in [7, 11) is 0. The zero-order valence-corrected chi connectivity index (χ0v) is 8.25. The average Bonchev–Trinajstić information content (AvgIpc) is 2.91. The lowest BCUT2D eigenvalue weighted by Crippen LogP contribution is -2.02. The lowest BCUT2D eigenvalue weighted by molar-refractivity contribution is 0.153. The molecule has 2 rings (SSSR count). The van der Waals surface area contributed by atoms with Crippen LogP contribution in [0, 0.1) is 12.8 Å². The molecule has 70 valence electrons. The van der Waals surface area contributed by atoms with Gasteiger partial charge >= 0.3 is 0 Å². The molecule has 0 aromatic carbocycles. The summed E-state index contributed by atoms with van der Waals surface area (Å²) in [4.78, 5) is 4.02. The van der Waals surface area contributed by atoms with Crippen molar-refractivity contribution >= 4 is 11.6 Å². The molecule has 3 heteroatoms. The Bertz CT molecular complexity index is 323. The van der Waals surface area contributed by atoms with Crippen molar-refractivity contribution in [1.82, 2.24) is 4.98 Å². The van der Waals surface area contributed by atoms with Crippen molar-refractivity contribution in [2.24, 2.45) is 5.92 Å². The summed E-state index contributed by atoms with van der Waals surface area (Å²) in [6.07, 6.45) is 3.50. The Morgan fingerprint density at radius 2 is 2.31 bits per heavy atom. The summed E-state index contributed by atoms with van der Waals surface area (Å²) in [5, 5.41) is 10.3. The number of aromatic nitrogens is 1. The third-order valence-corrected chi connectivity index (χ3v) is 2.71. The van der Waals surface area contributed by atoms with E-state index in [-0.39, 0.29) is 0 Å². The number of aliphatic hydroxyl groups excluding tert-OH is 1. The van der Waals surface area contributed by atoms with Crippen molar-refractivity contribution < 1.29 is 5.11 Å². The van der Waals surface area contributed by atoms with Crippen LogP contribution in [-0.2, 0) is 0 Å². The van der Waals surface area contributed by atoms with Gasteiger partial charge in [0.2, 0.25) is 0 Å². The van der Waals surface area contributed by atoms with Gasteiger partial charge in [-0.05, 0) is 37.3 Å². The molecule has 0 radical (unpaired) electrons. The fraction of sp³-hybridized carbons (Fsp3) is 0.500. The number of aryl methyl sites for hydroxylation is 1. The monoisotopic (exact) mass is 197 g/mol. The van der Waals surface area contributed by atoms with E-state index in [9.17, 15) is 5.11 Å². The molecule has 0 amide bonds. The van der Waals surface area contributed by atoms with E-state index in [1.165, 1.54) is 0 Å². The number of hydrogen-bond acceptors (Lipinski definition) is 2. The predicted octanol–water partition coefficient (Wildman–Crippen LogP) is 2.49. The molecular weight excluding hydrogens is 186 g/mol. The van der Waals surface area contributed by atoms with Gasteiger partial charge in [-0.15, -0.1) is 0 Å². The summed E-state index contributed by atoms with van der Waals surface area (Å²) in [6, 6.07) is 1.92. The van der Waals surface area contributed by atoms with Gasteiger partial charge in [0.25, 0.3) is 0 Å². The first kappa shape index (κ1) is 8.97. The predicted molar refractivity (Wildman–Crippen MR) is 51.7 cm³/mol. The Hall–Kier alpha value is -0.600. The molecule has 0 bridgehead atoms. The molecule has 13 heavy (non-hydrogen) atoms. The zero-order valence-electron chi connectivity index (χ0n) is 7.50. The van der Waals surface area contributed by atoms with Crippen molar-refractivity contribution in [3.8, 4) is 0 Å². The van der Waals surface area contributed by atoms with Gasteiger partial charge in [0.05, 0.1) is 6.10 Å². The topological polar surface area (TPSA) is 33.1 Å². The van der Waals surface area contributed by atoms with Gasteiger partial charge in [-0.2, -0.15) is 0 Å². The van der Waals surface area contributed by atoms with Crippen LogP contribution >= 0.6 is 11.6 Å². The van der Waals surface area contributed by atoms with Crippen molar-refractivity contribution in [2.75, 3.05) is 0 Å². The normalized spacial score (nSPS) is 18.7. The maximum absolute atomic E-state index is 9.84. The van der Waals surface area contributed by atoms with E-state index >= 15 is 0 Å². The van der Waals surface area contributed by atoms with E-state index in [0.717, 1.165) is 24.0 Å². The van der Waals surface area contributed by atoms with Gasteiger partial charge in [-0.25, -0.2) is 4.98 Å². The van der Waals surface area contributed by atoms with E-state index in [0.29, 0.717) is 11.1 Å². The van der Waals surface area contributed by atoms with Crippen LogP contribution in [0.1, 0.15) is 30.1 Å². The molecule has 1 fully saturated rings. The highest BCUT2D eigenvalue weighted by atomic mass is 35.5. The Kier molecular flexibility index (Phi) is 2.26. The number of pyridine rings is 1. The van der Waals surface area contributed by atoms with Gasteiger partial charge in [0.15, 0.2) is 0 Å². The Morgan fingerprint density at radius 3 is 2.92 bits per heavy atom. The molecule has 1 unspecified atom stereocenters. The van der Waals surface area contributed by atoms with Crippen LogP contribution in [0.2, 0.25) is 5.15 Å². The first-order valence-corrected chi connectivity index (χ1v) is 4.86. The second-order valence-electron chi connectivity index (χ2n) is 3.67. The zero-order chi connectivity index (χ0) is 9.42. The Morgan fingerprint density at radius 1 is 1.62 bits per heavy atom. The largest absolute Gasteiger partial charge is 0.388 e. The standard InChI is InChI=1S/C10H12ClNO/c1-6-4-8(10(11)12-5-6)9(13)7-2-3-7/h4-5,7,9,13H,2-3H2,1H3. The minimum atomic E-state index is -0.417. The maximum atomic E-state index is 9.84. The highest BCUT2D eigenvalue weighted by Crippen LogP contribution is 2.42. The fourth-order valence-corrected chi connectivity index (χ4v) is 1.66. The van der Waals surface area contributed by atoms with Gasteiger partial charge < -0.3 is 5.11 Å². The summed E-state index contributed by atoms with van der Waals surface area (Å²) < 4.78 is 0.